The summed E-state index contributed by atoms with van der Waals surface area (Å²) >= 11 is 0. The Kier molecular flexibility index (Phi) is 27.9. The first-order valence-electron chi connectivity index (χ1n) is 31.0. The fourth-order valence-electron chi connectivity index (χ4n) is 9.66. The molecule has 0 radical (unpaired) electrons. The lowest BCUT2D eigenvalue weighted by molar-refractivity contribution is -0.126. The van der Waals surface area contributed by atoms with E-state index in [1.54, 1.807) is 24.3 Å². The summed E-state index contributed by atoms with van der Waals surface area (Å²) in [4.78, 5) is 178. The summed E-state index contributed by atoms with van der Waals surface area (Å²) in [6, 6.07) is 21.8. The van der Waals surface area contributed by atoms with Crippen molar-refractivity contribution in [2.75, 3.05) is 72.2 Å². The number of fused-ring (bicyclic) bond motifs is 1. The fourth-order valence-corrected chi connectivity index (χ4v) is 9.66. The Morgan fingerprint density at radius 1 is 0.416 bits per heavy atom. The molecule has 1 aliphatic heterocycles. The fraction of sp³-hybridized carbons (Fsp3) is 0.484. The molecule has 0 saturated heterocycles. The van der Waals surface area contributed by atoms with E-state index < -0.39 is 57.8 Å². The Morgan fingerprint density at radius 3 is 1.26 bits per heavy atom. The molecule has 1 atom stereocenters. The molecule has 5 aromatic rings. The second-order valence-electron chi connectivity index (χ2n) is 21.2. The number of nitrogens with one attached hydrogen (secondary N) is 3. The predicted octanol–water partition coefficient (Wildman–Crippen LogP) is 4.20. The van der Waals surface area contributed by atoms with Crippen molar-refractivity contribution in [2.45, 2.75) is 130 Å². The Bertz CT molecular complexity index is 3410. The molecule has 89 heavy (non-hydrogen) atoms. The van der Waals surface area contributed by atoms with E-state index in [4.69, 9.17) is 19.4 Å². The van der Waals surface area contributed by atoms with E-state index in [-0.39, 0.29) is 133 Å². The van der Waals surface area contributed by atoms with E-state index in [1.807, 2.05) is 27.7 Å². The molecule has 0 bridgehead atoms. The highest BCUT2D eigenvalue weighted by atomic mass is 16.7. The van der Waals surface area contributed by atoms with Crippen LogP contribution in [0.1, 0.15) is 187 Å². The van der Waals surface area contributed by atoms with E-state index in [1.165, 1.54) is 87.5 Å². The molecule has 480 valence electrons. The number of nitrogens with zero attached hydrogens (tertiary/aromatic N) is 7. The molecule has 1 aromatic carbocycles. The molecule has 25 heteroatoms. The number of carbonyl (C=O) groups is 7. The largest absolute Gasteiger partial charge is 0.410 e. The third-order valence-electron chi connectivity index (χ3n) is 14.5. The summed E-state index contributed by atoms with van der Waals surface area (Å²) < 4.78 is 3.69. The molecular formula is C64H84N10O15. The van der Waals surface area contributed by atoms with Gasteiger partial charge >= 0.3 is 0 Å². The first-order chi connectivity index (χ1) is 43.2. The van der Waals surface area contributed by atoms with Crippen LogP contribution in [0.25, 0.3) is 0 Å². The van der Waals surface area contributed by atoms with Crippen molar-refractivity contribution in [3.8, 4) is 0 Å². The van der Waals surface area contributed by atoms with Crippen molar-refractivity contribution in [1.82, 2.24) is 49.6 Å². The summed E-state index contributed by atoms with van der Waals surface area (Å²) in [5, 5.41) is 8.57. The van der Waals surface area contributed by atoms with Crippen LogP contribution in [0.4, 0.5) is 0 Å². The Hall–Kier alpha value is -9.29. The number of hydrogen-bond donors (Lipinski definition) is 3. The van der Waals surface area contributed by atoms with E-state index in [0.717, 1.165) is 38.2 Å². The summed E-state index contributed by atoms with van der Waals surface area (Å²) in [7, 11) is 0. The van der Waals surface area contributed by atoms with Crippen molar-refractivity contribution in [1.29, 1.82) is 0 Å². The maximum atomic E-state index is 15.3. The van der Waals surface area contributed by atoms with Gasteiger partial charge < -0.3 is 45.1 Å². The van der Waals surface area contributed by atoms with Gasteiger partial charge in [-0.1, -0.05) is 89.8 Å². The zero-order valence-electron chi connectivity index (χ0n) is 51.5. The quantitative estimate of drug-likeness (QED) is 0.0366. The molecule has 25 nitrogen and oxygen atoms in total. The van der Waals surface area contributed by atoms with E-state index >= 15 is 4.79 Å². The molecule has 0 aliphatic carbocycles. The van der Waals surface area contributed by atoms with Gasteiger partial charge in [-0.25, -0.2) is 0 Å². The number of hydrogen-bond acceptors (Lipinski definition) is 15. The number of pyridine rings is 4. The Morgan fingerprint density at radius 2 is 0.809 bits per heavy atom. The molecule has 7 amide bonds. The molecule has 0 saturated carbocycles. The number of amides is 7. The van der Waals surface area contributed by atoms with Crippen LogP contribution in [0.15, 0.2) is 116 Å². The predicted molar refractivity (Wildman–Crippen MR) is 331 cm³/mol. The standard InChI is InChI=1S/C64H84N10O15/c1-5-9-43-86-71-50(27-18-32-54(71)75)59(80)66-37-23-40-68(63(84)52-29-20-34-56(77)73(52)88-45-11-7-3)39-22-31-49(58(79)65-36-16-13-17-41-70-61(82)47-25-14-15-26-48(47)62(70)83)69(64(85)53-30-21-35-57(78)74(53)89-46-12-8-4)42-24-38-67-60(81)51-28-19-33-55(76)72(51)87-44-10-6-2/h14-15,18-21,25-30,32-35,49H,5-13,16-17,22-24,31,36-46H2,1-4H3,(H,65,79)(H,66,80)(H,67,81). The van der Waals surface area contributed by atoms with Gasteiger partial charge in [0.25, 0.3) is 57.7 Å². The first kappa shape index (κ1) is 68.8. The van der Waals surface area contributed by atoms with Crippen LogP contribution in [-0.2, 0) is 4.79 Å². The monoisotopic (exact) mass is 1230 g/mol. The van der Waals surface area contributed by atoms with Crippen molar-refractivity contribution < 1.29 is 52.9 Å². The van der Waals surface area contributed by atoms with Gasteiger partial charge in [-0.3, -0.25) is 57.6 Å². The van der Waals surface area contributed by atoms with Crippen LogP contribution in [0.3, 0.4) is 0 Å². The van der Waals surface area contributed by atoms with Gasteiger partial charge in [-0.15, -0.1) is 18.9 Å². The summed E-state index contributed by atoms with van der Waals surface area (Å²) in [5.74, 6) is -3.98. The second kappa shape index (κ2) is 36.1. The minimum atomic E-state index is -1.31. The summed E-state index contributed by atoms with van der Waals surface area (Å²) in [6.07, 6.45) is 6.95. The van der Waals surface area contributed by atoms with Crippen LogP contribution in [0.2, 0.25) is 0 Å². The lowest BCUT2D eigenvalue weighted by atomic mass is 10.1. The molecule has 0 fully saturated rings. The zero-order valence-corrected chi connectivity index (χ0v) is 51.5. The molecule has 4 aromatic heterocycles. The number of rotatable bonds is 40. The Balaban J connectivity index is 1.29. The van der Waals surface area contributed by atoms with Gasteiger partial charge in [0.1, 0.15) is 55.2 Å². The Labute approximate surface area is 516 Å². The van der Waals surface area contributed by atoms with Gasteiger partial charge in [0.15, 0.2) is 0 Å². The van der Waals surface area contributed by atoms with Crippen molar-refractivity contribution in [3.63, 3.8) is 0 Å². The SMILES string of the molecule is CCCCOn1c(C(=O)NCCCN(CCCC(C(=O)NCCCCCN2C(=O)c3ccccc3C2=O)N(CCCNC(=O)c2cccc(=O)n2OCCCC)C(=O)c2cccc(=O)n2OCCCC)C(=O)c2cccc(=O)n2OCCCC)cccc1=O. The molecular weight excluding hydrogens is 1150 g/mol. The van der Waals surface area contributed by atoms with Crippen LogP contribution >= 0.6 is 0 Å². The average Bonchev–Trinajstić information content (AvgIpc) is 3.72. The highest BCUT2D eigenvalue weighted by molar-refractivity contribution is 6.21. The van der Waals surface area contributed by atoms with E-state index in [2.05, 4.69) is 16.0 Å². The van der Waals surface area contributed by atoms with Crippen LogP contribution < -0.4 is 57.5 Å². The van der Waals surface area contributed by atoms with Crippen molar-refractivity contribution in [3.05, 3.63) is 172 Å². The van der Waals surface area contributed by atoms with Gasteiger partial charge in [0, 0.05) is 70.1 Å². The van der Waals surface area contributed by atoms with Gasteiger partial charge in [0.05, 0.1) is 11.1 Å². The number of imide groups is 1. The first-order valence-corrected chi connectivity index (χ1v) is 31.0. The number of aromatic nitrogens is 4. The van der Waals surface area contributed by atoms with Crippen LogP contribution in [0, 0.1) is 0 Å². The number of carbonyl (C=O) groups excluding carboxylic acids is 7. The topological polar surface area (TPSA) is 290 Å². The normalized spacial score (nSPS) is 12.0. The van der Waals surface area contributed by atoms with Crippen LogP contribution in [-0.4, -0.2) is 153 Å². The highest BCUT2D eigenvalue weighted by Gasteiger charge is 2.35. The van der Waals surface area contributed by atoms with E-state index in [9.17, 15) is 47.9 Å². The molecule has 3 N–H and O–H groups in total. The summed E-state index contributed by atoms with van der Waals surface area (Å²) in [5.41, 5.74) is -1.99. The van der Waals surface area contributed by atoms with E-state index in [0.29, 0.717) is 62.5 Å². The molecule has 1 unspecified atom stereocenters. The summed E-state index contributed by atoms with van der Waals surface area (Å²) in [6.45, 7) is 8.36. The zero-order chi connectivity index (χ0) is 64.1. The van der Waals surface area contributed by atoms with Crippen molar-refractivity contribution >= 4 is 41.4 Å². The molecule has 1 aliphatic rings. The number of benzene rings is 1. The maximum Gasteiger partial charge on any atom is 0.283 e. The highest BCUT2D eigenvalue weighted by Crippen LogP contribution is 2.23. The average molecular weight is 1230 g/mol. The van der Waals surface area contributed by atoms with Crippen molar-refractivity contribution in [2.24, 2.45) is 0 Å². The van der Waals surface area contributed by atoms with Gasteiger partial charge in [-0.05, 0) is 107 Å². The third-order valence-corrected chi connectivity index (χ3v) is 14.5. The minimum Gasteiger partial charge on any atom is -0.410 e. The lowest BCUT2D eigenvalue weighted by Crippen LogP contribution is -2.52. The minimum absolute atomic E-state index is 0.00401. The molecule has 5 heterocycles. The lowest BCUT2D eigenvalue weighted by Gasteiger charge is -2.32. The molecule has 6 rings (SSSR count). The second-order valence-corrected chi connectivity index (χ2v) is 21.2. The van der Waals surface area contributed by atoms with Crippen LogP contribution in [0.5, 0.6) is 0 Å². The third kappa shape index (κ3) is 19.4. The van der Waals surface area contributed by atoms with Gasteiger partial charge in [0.2, 0.25) is 5.91 Å². The molecule has 0 spiro atoms. The smallest absolute Gasteiger partial charge is 0.283 e. The maximum absolute atomic E-state index is 15.3. The number of unbranched alkanes of at least 4 members (excludes halogenated alkanes) is 6. The van der Waals surface area contributed by atoms with Gasteiger partial charge in [-0.2, -0.15) is 0 Å².